The van der Waals surface area contributed by atoms with E-state index in [4.69, 9.17) is 4.52 Å². The highest BCUT2D eigenvalue weighted by Gasteiger charge is 2.29. The first-order valence-electron chi connectivity index (χ1n) is 10.2. The Morgan fingerprint density at radius 2 is 1.97 bits per heavy atom. The van der Waals surface area contributed by atoms with Gasteiger partial charge in [-0.3, -0.25) is 9.30 Å². The van der Waals surface area contributed by atoms with Crippen LogP contribution in [0.3, 0.4) is 0 Å². The second kappa shape index (κ2) is 7.60. The summed E-state index contributed by atoms with van der Waals surface area (Å²) in [5, 5.41) is 12.8. The number of hydrogen-bond donors (Lipinski definition) is 0. The van der Waals surface area contributed by atoms with Gasteiger partial charge >= 0.3 is 0 Å². The molecule has 0 aliphatic carbocycles. The van der Waals surface area contributed by atoms with Crippen molar-refractivity contribution >= 4 is 5.65 Å². The van der Waals surface area contributed by atoms with Gasteiger partial charge in [0.25, 0.3) is 0 Å². The number of halogens is 1. The van der Waals surface area contributed by atoms with Gasteiger partial charge in [-0.05, 0) is 63.5 Å². The highest BCUT2D eigenvalue weighted by molar-refractivity contribution is 5.55. The third-order valence-corrected chi connectivity index (χ3v) is 6.01. The quantitative estimate of drug-likeness (QED) is 0.507. The molecule has 8 heteroatoms. The minimum Gasteiger partial charge on any atom is -0.337 e. The number of fused-ring (bicyclic) bond motifs is 1. The Kier molecular flexibility index (Phi) is 4.78. The molecule has 7 nitrogen and oxygen atoms in total. The molecule has 1 fully saturated rings. The Hall–Kier alpha value is -3.13. The molecule has 154 valence electrons. The maximum absolute atomic E-state index is 13.9. The van der Waals surface area contributed by atoms with Gasteiger partial charge in [-0.25, -0.2) is 4.39 Å². The van der Waals surface area contributed by atoms with Crippen LogP contribution < -0.4 is 0 Å². The fourth-order valence-electron chi connectivity index (χ4n) is 4.09. The Balaban J connectivity index is 1.27. The molecule has 4 heterocycles. The van der Waals surface area contributed by atoms with E-state index in [-0.39, 0.29) is 11.9 Å². The van der Waals surface area contributed by atoms with E-state index >= 15 is 0 Å². The van der Waals surface area contributed by atoms with Crippen molar-refractivity contribution in [2.45, 2.75) is 38.6 Å². The number of piperidine rings is 1. The maximum atomic E-state index is 13.9. The highest BCUT2D eigenvalue weighted by atomic mass is 19.1. The fraction of sp³-hybridized carbons (Fsp3) is 0.364. The first-order valence-corrected chi connectivity index (χ1v) is 10.2. The van der Waals surface area contributed by atoms with E-state index in [9.17, 15) is 4.39 Å². The van der Waals surface area contributed by atoms with E-state index in [1.807, 2.05) is 30.5 Å². The summed E-state index contributed by atoms with van der Waals surface area (Å²) in [6, 6.07) is 10.9. The smallest absolute Gasteiger partial charge is 0.244 e. The SMILES string of the molecule is Cc1ccc(-c2noc(C(C)N3CCC(c4nnc5ccccn45)CC3)n2)cc1F. The number of rotatable bonds is 4. The molecule has 0 bridgehead atoms. The molecule has 0 spiro atoms. The van der Waals surface area contributed by atoms with E-state index in [0.717, 1.165) is 37.4 Å². The number of nitrogens with zero attached hydrogens (tertiary/aromatic N) is 6. The molecule has 0 amide bonds. The van der Waals surface area contributed by atoms with Gasteiger partial charge in [0.15, 0.2) is 5.65 Å². The molecule has 0 N–H and O–H groups in total. The van der Waals surface area contributed by atoms with Crippen molar-refractivity contribution in [3.05, 3.63) is 65.7 Å². The van der Waals surface area contributed by atoms with Crippen LogP contribution in [0.4, 0.5) is 4.39 Å². The van der Waals surface area contributed by atoms with Gasteiger partial charge in [0.05, 0.1) is 6.04 Å². The van der Waals surface area contributed by atoms with Gasteiger partial charge in [0.1, 0.15) is 11.6 Å². The van der Waals surface area contributed by atoms with Crippen LogP contribution >= 0.6 is 0 Å². The Labute approximate surface area is 173 Å². The lowest BCUT2D eigenvalue weighted by Crippen LogP contribution is -2.35. The average Bonchev–Trinajstić information content (AvgIpc) is 3.43. The normalized spacial score (nSPS) is 16.9. The molecule has 0 radical (unpaired) electrons. The predicted octanol–water partition coefficient (Wildman–Crippen LogP) is 4.17. The van der Waals surface area contributed by atoms with Crippen LogP contribution in [-0.2, 0) is 0 Å². The van der Waals surface area contributed by atoms with Crippen LogP contribution in [0.5, 0.6) is 0 Å². The van der Waals surface area contributed by atoms with Crippen molar-refractivity contribution in [3.63, 3.8) is 0 Å². The topological polar surface area (TPSA) is 72.4 Å². The number of hydrogen-bond acceptors (Lipinski definition) is 6. The molecule has 1 unspecified atom stereocenters. The first kappa shape index (κ1) is 18.9. The zero-order valence-corrected chi connectivity index (χ0v) is 17.0. The van der Waals surface area contributed by atoms with Gasteiger partial charge in [-0.1, -0.05) is 23.4 Å². The molecule has 1 saturated heterocycles. The number of likely N-dealkylation sites (tertiary alicyclic amines) is 1. The summed E-state index contributed by atoms with van der Waals surface area (Å²) < 4.78 is 21.5. The van der Waals surface area contributed by atoms with E-state index < -0.39 is 0 Å². The lowest BCUT2D eigenvalue weighted by molar-refractivity contribution is 0.134. The molecule has 30 heavy (non-hydrogen) atoms. The van der Waals surface area contributed by atoms with Gasteiger partial charge in [0, 0.05) is 17.7 Å². The number of benzene rings is 1. The number of aryl methyl sites for hydroxylation is 1. The largest absolute Gasteiger partial charge is 0.337 e. The molecular formula is C22H23FN6O. The van der Waals surface area contributed by atoms with Crippen molar-refractivity contribution in [3.8, 4) is 11.4 Å². The minimum absolute atomic E-state index is 0.00219. The predicted molar refractivity (Wildman–Crippen MR) is 109 cm³/mol. The van der Waals surface area contributed by atoms with Gasteiger partial charge in [-0.15, -0.1) is 10.2 Å². The average molecular weight is 406 g/mol. The van der Waals surface area contributed by atoms with Gasteiger partial charge in [0.2, 0.25) is 11.7 Å². The van der Waals surface area contributed by atoms with Crippen molar-refractivity contribution in [1.82, 2.24) is 29.6 Å². The van der Waals surface area contributed by atoms with Crippen LogP contribution in [0.1, 0.15) is 49.0 Å². The monoisotopic (exact) mass is 406 g/mol. The van der Waals surface area contributed by atoms with Gasteiger partial charge < -0.3 is 4.52 Å². The summed E-state index contributed by atoms with van der Waals surface area (Å²) in [5.41, 5.74) is 2.10. The summed E-state index contributed by atoms with van der Waals surface area (Å²) in [6.07, 6.45) is 4.00. The molecular weight excluding hydrogens is 383 g/mol. The molecule has 0 saturated carbocycles. The molecule has 4 aromatic rings. The molecule has 5 rings (SSSR count). The molecule has 1 atom stereocenters. The zero-order valence-electron chi connectivity index (χ0n) is 17.0. The Bertz CT molecular complexity index is 1180. The van der Waals surface area contributed by atoms with Crippen LogP contribution in [0, 0.1) is 12.7 Å². The zero-order chi connectivity index (χ0) is 20.7. The maximum Gasteiger partial charge on any atom is 0.244 e. The van der Waals surface area contributed by atoms with Crippen molar-refractivity contribution in [2.75, 3.05) is 13.1 Å². The summed E-state index contributed by atoms with van der Waals surface area (Å²) >= 11 is 0. The van der Waals surface area contributed by atoms with E-state index in [0.29, 0.717) is 28.8 Å². The van der Waals surface area contributed by atoms with Crippen LogP contribution in [-0.4, -0.2) is 42.7 Å². The van der Waals surface area contributed by atoms with Crippen LogP contribution in [0.2, 0.25) is 0 Å². The lowest BCUT2D eigenvalue weighted by Gasteiger charge is -2.33. The second-order valence-electron chi connectivity index (χ2n) is 7.89. The number of pyridine rings is 1. The third kappa shape index (κ3) is 3.37. The van der Waals surface area contributed by atoms with E-state index in [1.54, 1.807) is 13.0 Å². The third-order valence-electron chi connectivity index (χ3n) is 6.01. The Morgan fingerprint density at radius 1 is 1.13 bits per heavy atom. The van der Waals surface area contributed by atoms with E-state index in [2.05, 4.69) is 36.6 Å². The summed E-state index contributed by atoms with van der Waals surface area (Å²) in [7, 11) is 0. The standard InChI is InChI=1S/C22H23FN6O/c1-14-6-7-17(13-18(14)23)20-24-22(30-27-20)15(2)28-11-8-16(9-12-28)21-26-25-19-5-3-4-10-29(19)21/h3-7,10,13,15-16H,8-9,11-12H2,1-2H3. The molecule has 1 aromatic carbocycles. The van der Waals surface area contributed by atoms with Crippen molar-refractivity contribution in [2.24, 2.45) is 0 Å². The van der Waals surface area contributed by atoms with E-state index in [1.165, 1.54) is 6.07 Å². The molecule has 1 aliphatic rings. The summed E-state index contributed by atoms with van der Waals surface area (Å²) in [6.45, 7) is 5.61. The van der Waals surface area contributed by atoms with Crippen LogP contribution in [0.15, 0.2) is 47.1 Å². The molecule has 3 aromatic heterocycles. The van der Waals surface area contributed by atoms with Crippen molar-refractivity contribution in [1.29, 1.82) is 0 Å². The minimum atomic E-state index is -0.269. The summed E-state index contributed by atoms with van der Waals surface area (Å²) in [4.78, 5) is 6.86. The molecule has 1 aliphatic heterocycles. The fourth-order valence-corrected chi connectivity index (χ4v) is 4.09. The van der Waals surface area contributed by atoms with Crippen LogP contribution in [0.25, 0.3) is 17.0 Å². The highest BCUT2D eigenvalue weighted by Crippen LogP contribution is 2.32. The Morgan fingerprint density at radius 3 is 2.77 bits per heavy atom. The first-order chi connectivity index (χ1) is 14.6. The van der Waals surface area contributed by atoms with Crippen molar-refractivity contribution < 1.29 is 8.91 Å². The number of aromatic nitrogens is 5. The van der Waals surface area contributed by atoms with Gasteiger partial charge in [-0.2, -0.15) is 4.98 Å². The lowest BCUT2D eigenvalue weighted by atomic mass is 9.95. The second-order valence-corrected chi connectivity index (χ2v) is 7.89. The summed E-state index contributed by atoms with van der Waals surface area (Å²) in [5.74, 6) is 2.10.